The Hall–Kier alpha value is -2.23. The first-order chi connectivity index (χ1) is 13.6. The molecule has 1 unspecified atom stereocenters. The van der Waals surface area contributed by atoms with Gasteiger partial charge in [-0.1, -0.05) is 12.1 Å². The Bertz CT molecular complexity index is 796. The lowest BCUT2D eigenvalue weighted by atomic mass is 10.2. The molecule has 0 saturated carbocycles. The minimum absolute atomic E-state index is 0. The van der Waals surface area contributed by atoms with Gasteiger partial charge in [-0.2, -0.15) is 0 Å². The zero-order valence-electron chi connectivity index (χ0n) is 16.7. The van der Waals surface area contributed by atoms with Crippen LogP contribution in [0.15, 0.2) is 53.5 Å². The molecular formula is C21H28FIN4O2. The van der Waals surface area contributed by atoms with E-state index in [1.165, 1.54) is 12.1 Å². The van der Waals surface area contributed by atoms with Crippen molar-refractivity contribution in [2.24, 2.45) is 4.99 Å². The van der Waals surface area contributed by atoms with Crippen LogP contribution in [-0.2, 0) is 0 Å². The molecule has 0 amide bonds. The van der Waals surface area contributed by atoms with Gasteiger partial charge in [-0.3, -0.25) is 4.99 Å². The van der Waals surface area contributed by atoms with E-state index in [0.717, 1.165) is 37.8 Å². The van der Waals surface area contributed by atoms with Crippen molar-refractivity contribution < 1.29 is 14.2 Å². The van der Waals surface area contributed by atoms with Crippen LogP contribution in [0.1, 0.15) is 6.92 Å². The average molecular weight is 514 g/mol. The molecule has 0 spiro atoms. The van der Waals surface area contributed by atoms with E-state index in [1.807, 2.05) is 25.1 Å². The van der Waals surface area contributed by atoms with Gasteiger partial charge in [-0.05, 0) is 43.3 Å². The third-order valence-electron chi connectivity index (χ3n) is 4.71. The number of hydrogen-bond acceptors (Lipinski definition) is 4. The predicted molar refractivity (Wildman–Crippen MR) is 125 cm³/mol. The Morgan fingerprint density at radius 2 is 1.79 bits per heavy atom. The second-order valence-electron chi connectivity index (χ2n) is 6.77. The SMILES string of the molecule is CN=C(NCC(C)Oc1ccc(F)cc1)N1CCN(c2ccccc2O)CC1.I. The monoisotopic (exact) mass is 514 g/mol. The highest BCUT2D eigenvalue weighted by Crippen LogP contribution is 2.27. The minimum atomic E-state index is -0.276. The Labute approximate surface area is 188 Å². The van der Waals surface area contributed by atoms with Gasteiger partial charge in [-0.25, -0.2) is 4.39 Å². The van der Waals surface area contributed by atoms with Gasteiger partial charge < -0.3 is 25.0 Å². The maximum atomic E-state index is 13.0. The number of nitrogens with one attached hydrogen (secondary N) is 1. The zero-order chi connectivity index (χ0) is 19.9. The van der Waals surface area contributed by atoms with Gasteiger partial charge in [0.05, 0.1) is 12.2 Å². The van der Waals surface area contributed by atoms with Crippen molar-refractivity contribution in [3.05, 3.63) is 54.3 Å². The van der Waals surface area contributed by atoms with Crippen LogP contribution in [0.4, 0.5) is 10.1 Å². The molecular weight excluding hydrogens is 486 g/mol. The molecule has 0 bridgehead atoms. The fourth-order valence-electron chi connectivity index (χ4n) is 3.25. The van der Waals surface area contributed by atoms with Crippen LogP contribution in [-0.4, -0.2) is 61.8 Å². The Kier molecular flexibility index (Phi) is 8.81. The van der Waals surface area contributed by atoms with E-state index in [4.69, 9.17) is 4.74 Å². The summed E-state index contributed by atoms with van der Waals surface area (Å²) < 4.78 is 18.8. The number of benzene rings is 2. The zero-order valence-corrected chi connectivity index (χ0v) is 19.0. The van der Waals surface area contributed by atoms with E-state index in [9.17, 15) is 9.50 Å². The number of para-hydroxylation sites is 2. The Morgan fingerprint density at radius 3 is 2.41 bits per heavy atom. The summed E-state index contributed by atoms with van der Waals surface area (Å²) in [5, 5.41) is 13.4. The molecule has 1 heterocycles. The third kappa shape index (κ3) is 6.38. The molecule has 6 nitrogen and oxygen atoms in total. The highest BCUT2D eigenvalue weighted by atomic mass is 127. The van der Waals surface area contributed by atoms with Crippen molar-refractivity contribution >= 4 is 35.6 Å². The molecule has 1 aliphatic heterocycles. The summed E-state index contributed by atoms with van der Waals surface area (Å²) in [4.78, 5) is 8.75. The smallest absolute Gasteiger partial charge is 0.193 e. The quantitative estimate of drug-likeness (QED) is 0.365. The fraction of sp³-hybridized carbons (Fsp3) is 0.381. The number of phenolic OH excluding ortho intramolecular Hbond substituents is 1. The molecule has 1 fully saturated rings. The molecule has 1 atom stereocenters. The molecule has 8 heteroatoms. The largest absolute Gasteiger partial charge is 0.506 e. The highest BCUT2D eigenvalue weighted by molar-refractivity contribution is 14.0. The summed E-state index contributed by atoms with van der Waals surface area (Å²) in [6, 6.07) is 13.4. The normalized spacial score (nSPS) is 15.5. The lowest BCUT2D eigenvalue weighted by molar-refractivity contribution is 0.221. The van der Waals surface area contributed by atoms with Gasteiger partial charge in [-0.15, -0.1) is 24.0 Å². The summed E-state index contributed by atoms with van der Waals surface area (Å²) in [6.07, 6.45) is -0.0928. The first kappa shape index (κ1) is 23.1. The van der Waals surface area contributed by atoms with Gasteiger partial charge in [0.15, 0.2) is 5.96 Å². The Balaban J connectivity index is 0.00000300. The topological polar surface area (TPSA) is 60.3 Å². The standard InChI is InChI=1S/C21H27FN4O2.HI/c1-16(28-18-9-7-17(22)8-10-18)15-24-21(23-2)26-13-11-25(12-14-26)19-5-3-4-6-20(19)27;/h3-10,16,27H,11-15H2,1-2H3,(H,23,24);1H. The molecule has 2 N–H and O–H groups in total. The Morgan fingerprint density at radius 1 is 1.14 bits per heavy atom. The van der Waals surface area contributed by atoms with Crippen LogP contribution in [0.5, 0.6) is 11.5 Å². The summed E-state index contributed by atoms with van der Waals surface area (Å²) in [7, 11) is 1.77. The predicted octanol–water partition coefficient (Wildman–Crippen LogP) is 3.31. The highest BCUT2D eigenvalue weighted by Gasteiger charge is 2.21. The molecule has 0 aliphatic carbocycles. The average Bonchev–Trinajstić information content (AvgIpc) is 2.71. The molecule has 1 saturated heterocycles. The minimum Gasteiger partial charge on any atom is -0.506 e. The van der Waals surface area contributed by atoms with Crippen LogP contribution < -0.4 is 15.0 Å². The number of piperazine rings is 1. The summed E-state index contributed by atoms with van der Waals surface area (Å²) in [5.41, 5.74) is 0.867. The second kappa shape index (κ2) is 11.1. The number of halogens is 2. The van der Waals surface area contributed by atoms with Crippen molar-refractivity contribution in [2.45, 2.75) is 13.0 Å². The molecule has 0 radical (unpaired) electrons. The number of ether oxygens (including phenoxy) is 1. The van der Waals surface area contributed by atoms with Crippen molar-refractivity contribution in [1.29, 1.82) is 0 Å². The van der Waals surface area contributed by atoms with E-state index < -0.39 is 0 Å². The van der Waals surface area contributed by atoms with Crippen LogP contribution in [0, 0.1) is 5.82 Å². The van der Waals surface area contributed by atoms with Gasteiger partial charge in [0.1, 0.15) is 23.4 Å². The van der Waals surface area contributed by atoms with Crippen LogP contribution in [0.2, 0.25) is 0 Å². The first-order valence-corrected chi connectivity index (χ1v) is 9.47. The molecule has 1 aliphatic rings. The van der Waals surface area contributed by atoms with E-state index >= 15 is 0 Å². The third-order valence-corrected chi connectivity index (χ3v) is 4.71. The summed E-state index contributed by atoms with van der Waals surface area (Å²) in [5.74, 6) is 1.50. The number of hydrogen-bond donors (Lipinski definition) is 2. The summed E-state index contributed by atoms with van der Waals surface area (Å²) in [6.45, 7) is 5.77. The van der Waals surface area contributed by atoms with Gasteiger partial charge in [0.2, 0.25) is 0 Å². The van der Waals surface area contributed by atoms with E-state index in [0.29, 0.717) is 18.0 Å². The molecule has 2 aromatic carbocycles. The number of aromatic hydroxyl groups is 1. The maximum absolute atomic E-state index is 13.0. The number of rotatable bonds is 5. The molecule has 3 rings (SSSR count). The second-order valence-corrected chi connectivity index (χ2v) is 6.77. The molecule has 2 aromatic rings. The number of guanidine groups is 1. The van der Waals surface area contributed by atoms with Crippen molar-refractivity contribution in [3.8, 4) is 11.5 Å². The van der Waals surface area contributed by atoms with Crippen LogP contribution in [0.25, 0.3) is 0 Å². The molecule has 158 valence electrons. The lowest BCUT2D eigenvalue weighted by Crippen LogP contribution is -2.53. The number of anilines is 1. The number of nitrogens with zero attached hydrogens (tertiary/aromatic N) is 3. The summed E-state index contributed by atoms with van der Waals surface area (Å²) >= 11 is 0. The fourth-order valence-corrected chi connectivity index (χ4v) is 3.25. The van der Waals surface area contributed by atoms with Gasteiger partial charge >= 0.3 is 0 Å². The van der Waals surface area contributed by atoms with Crippen molar-refractivity contribution in [2.75, 3.05) is 44.7 Å². The van der Waals surface area contributed by atoms with Crippen LogP contribution in [0.3, 0.4) is 0 Å². The molecule has 29 heavy (non-hydrogen) atoms. The molecule has 0 aromatic heterocycles. The first-order valence-electron chi connectivity index (χ1n) is 9.47. The van der Waals surface area contributed by atoms with Crippen molar-refractivity contribution in [1.82, 2.24) is 10.2 Å². The van der Waals surface area contributed by atoms with E-state index in [2.05, 4.69) is 20.1 Å². The number of aliphatic imine (C=N–C) groups is 1. The van der Waals surface area contributed by atoms with Crippen LogP contribution >= 0.6 is 24.0 Å². The van der Waals surface area contributed by atoms with Gasteiger partial charge in [0.25, 0.3) is 0 Å². The number of phenols is 1. The van der Waals surface area contributed by atoms with Gasteiger partial charge in [0, 0.05) is 33.2 Å². The van der Waals surface area contributed by atoms with E-state index in [1.54, 1.807) is 25.2 Å². The lowest BCUT2D eigenvalue weighted by Gasteiger charge is -2.38. The van der Waals surface area contributed by atoms with E-state index in [-0.39, 0.29) is 35.9 Å². The maximum Gasteiger partial charge on any atom is 0.193 e. The van der Waals surface area contributed by atoms with Crippen molar-refractivity contribution in [3.63, 3.8) is 0 Å².